The van der Waals surface area contributed by atoms with Gasteiger partial charge in [-0.3, -0.25) is 4.79 Å². The van der Waals surface area contributed by atoms with Crippen molar-refractivity contribution >= 4 is 12.0 Å². The zero-order chi connectivity index (χ0) is 15.2. The number of hydrogen-bond donors (Lipinski definition) is 2. The van der Waals surface area contributed by atoms with Crippen LogP contribution in [0.3, 0.4) is 0 Å². The molecule has 0 spiro atoms. The molecule has 0 aromatic carbocycles. The highest BCUT2D eigenvalue weighted by Crippen LogP contribution is 2.23. The predicted octanol–water partition coefficient (Wildman–Crippen LogP) is 1.70. The van der Waals surface area contributed by atoms with E-state index in [4.69, 9.17) is 9.84 Å². The molecule has 21 heavy (non-hydrogen) atoms. The number of rotatable bonds is 6. The summed E-state index contributed by atoms with van der Waals surface area (Å²) in [4.78, 5) is 24.5. The Hall–Kier alpha value is -1.30. The molecule has 120 valence electrons. The zero-order valence-corrected chi connectivity index (χ0v) is 12.7. The molecule has 3 unspecified atom stereocenters. The van der Waals surface area contributed by atoms with Gasteiger partial charge in [-0.25, -0.2) is 4.79 Å². The van der Waals surface area contributed by atoms with Crippen LogP contribution in [0.2, 0.25) is 0 Å². The van der Waals surface area contributed by atoms with E-state index in [0.29, 0.717) is 31.3 Å². The van der Waals surface area contributed by atoms with Crippen LogP contribution in [0.4, 0.5) is 4.79 Å². The van der Waals surface area contributed by atoms with E-state index in [1.165, 1.54) is 0 Å². The number of carbonyl (C=O) groups is 2. The number of nitrogens with one attached hydrogen (secondary N) is 1. The van der Waals surface area contributed by atoms with E-state index in [1.54, 1.807) is 0 Å². The van der Waals surface area contributed by atoms with Gasteiger partial charge in [-0.15, -0.1) is 0 Å². The van der Waals surface area contributed by atoms with Crippen molar-refractivity contribution in [1.82, 2.24) is 10.2 Å². The van der Waals surface area contributed by atoms with Crippen molar-refractivity contribution in [3.05, 3.63) is 0 Å². The molecule has 0 aromatic rings. The summed E-state index contributed by atoms with van der Waals surface area (Å²) in [7, 11) is 0. The van der Waals surface area contributed by atoms with Gasteiger partial charge in [0.15, 0.2) is 0 Å². The maximum Gasteiger partial charge on any atom is 0.317 e. The number of urea groups is 1. The fraction of sp³-hybridized carbons (Fsp3) is 0.867. The van der Waals surface area contributed by atoms with E-state index in [-0.39, 0.29) is 18.6 Å². The van der Waals surface area contributed by atoms with E-state index in [9.17, 15) is 9.59 Å². The average Bonchev–Trinajstić information content (AvgIpc) is 3.11. The highest BCUT2D eigenvalue weighted by molar-refractivity contribution is 5.74. The Bertz CT molecular complexity index is 375. The number of nitrogens with zero attached hydrogens (tertiary/aromatic N) is 1. The first kappa shape index (κ1) is 16.1. The number of carbonyl (C=O) groups excluding carboxylic acids is 1. The van der Waals surface area contributed by atoms with Crippen LogP contribution < -0.4 is 5.32 Å². The first-order valence-corrected chi connectivity index (χ1v) is 7.96. The van der Waals surface area contributed by atoms with Gasteiger partial charge in [0.2, 0.25) is 0 Å². The summed E-state index contributed by atoms with van der Waals surface area (Å²) < 4.78 is 5.62. The molecule has 2 amide bonds. The number of ether oxygens (including phenoxy) is 1. The molecule has 0 saturated carbocycles. The quantitative estimate of drug-likeness (QED) is 0.782. The van der Waals surface area contributed by atoms with Crippen molar-refractivity contribution in [2.45, 2.75) is 45.1 Å². The molecule has 2 aliphatic rings. The second kappa shape index (κ2) is 7.64. The van der Waals surface area contributed by atoms with Crippen molar-refractivity contribution in [2.75, 3.05) is 26.2 Å². The summed E-state index contributed by atoms with van der Waals surface area (Å²) in [6, 6.07) is -0.0189. The standard InChI is InChI=1S/C15H26N2O4/c1-2-13-12(6-8-21-13)9-16-15(20)17-7-5-11(10-17)3-4-14(18)19/h11-13H,2-10H2,1H3,(H,16,20)(H,18,19). The molecule has 0 bridgehead atoms. The van der Waals surface area contributed by atoms with Gasteiger partial charge in [-0.2, -0.15) is 0 Å². The predicted molar refractivity (Wildman–Crippen MR) is 78.1 cm³/mol. The third-order valence-electron chi connectivity index (χ3n) is 4.60. The number of hydrogen-bond acceptors (Lipinski definition) is 3. The number of likely N-dealkylation sites (tertiary alicyclic amines) is 1. The monoisotopic (exact) mass is 298 g/mol. The lowest BCUT2D eigenvalue weighted by Crippen LogP contribution is -2.41. The minimum atomic E-state index is -0.759. The topological polar surface area (TPSA) is 78.9 Å². The van der Waals surface area contributed by atoms with Crippen molar-refractivity contribution in [3.63, 3.8) is 0 Å². The number of aliphatic carboxylic acids is 1. The van der Waals surface area contributed by atoms with Crippen LogP contribution in [0.5, 0.6) is 0 Å². The Morgan fingerprint density at radius 3 is 2.90 bits per heavy atom. The lowest BCUT2D eigenvalue weighted by molar-refractivity contribution is -0.137. The Morgan fingerprint density at radius 2 is 2.19 bits per heavy atom. The summed E-state index contributed by atoms with van der Waals surface area (Å²) in [5, 5.41) is 11.7. The normalized spacial score (nSPS) is 28.8. The van der Waals surface area contributed by atoms with Crippen molar-refractivity contribution in [1.29, 1.82) is 0 Å². The lowest BCUT2D eigenvalue weighted by atomic mass is 10.00. The Balaban J connectivity index is 1.68. The summed E-state index contributed by atoms with van der Waals surface area (Å²) in [6.07, 6.45) is 4.03. The Labute approximate surface area is 125 Å². The van der Waals surface area contributed by atoms with Gasteiger partial charge in [-0.05, 0) is 31.6 Å². The van der Waals surface area contributed by atoms with E-state index >= 15 is 0 Å². The highest BCUT2D eigenvalue weighted by Gasteiger charge is 2.29. The molecule has 0 aromatic heterocycles. The van der Waals surface area contributed by atoms with Crippen molar-refractivity contribution in [3.8, 4) is 0 Å². The van der Waals surface area contributed by atoms with Crippen LogP contribution >= 0.6 is 0 Å². The van der Waals surface area contributed by atoms with Crippen LogP contribution in [0, 0.1) is 11.8 Å². The first-order valence-electron chi connectivity index (χ1n) is 7.96. The second-order valence-corrected chi connectivity index (χ2v) is 6.09. The van der Waals surface area contributed by atoms with Crippen molar-refractivity contribution in [2.24, 2.45) is 11.8 Å². The summed E-state index contributed by atoms with van der Waals surface area (Å²) in [6.45, 7) is 4.98. The molecule has 0 radical (unpaired) electrons. The van der Waals surface area contributed by atoms with Crippen LogP contribution in [-0.2, 0) is 9.53 Å². The smallest absolute Gasteiger partial charge is 0.317 e. The second-order valence-electron chi connectivity index (χ2n) is 6.09. The van der Waals surface area contributed by atoms with E-state index in [2.05, 4.69) is 12.2 Å². The van der Waals surface area contributed by atoms with Gasteiger partial charge in [0, 0.05) is 38.6 Å². The number of amides is 2. The molecule has 2 fully saturated rings. The Kier molecular flexibility index (Phi) is 5.85. The van der Waals surface area contributed by atoms with Gasteiger partial charge < -0.3 is 20.1 Å². The van der Waals surface area contributed by atoms with Gasteiger partial charge in [0.25, 0.3) is 0 Å². The van der Waals surface area contributed by atoms with Gasteiger partial charge in [0.05, 0.1) is 6.10 Å². The van der Waals surface area contributed by atoms with Crippen LogP contribution in [0.15, 0.2) is 0 Å². The zero-order valence-electron chi connectivity index (χ0n) is 12.7. The SMILES string of the molecule is CCC1OCCC1CNC(=O)N1CCC(CCC(=O)O)C1. The van der Waals surface area contributed by atoms with Crippen LogP contribution in [-0.4, -0.2) is 54.4 Å². The molecular weight excluding hydrogens is 272 g/mol. The fourth-order valence-electron chi connectivity index (χ4n) is 3.29. The minimum absolute atomic E-state index is 0.0189. The third kappa shape index (κ3) is 4.59. The molecule has 3 atom stereocenters. The van der Waals surface area contributed by atoms with Crippen molar-refractivity contribution < 1.29 is 19.4 Å². The molecule has 2 heterocycles. The third-order valence-corrected chi connectivity index (χ3v) is 4.60. The number of carboxylic acids is 1. The highest BCUT2D eigenvalue weighted by atomic mass is 16.5. The first-order chi connectivity index (χ1) is 10.1. The van der Waals surface area contributed by atoms with Crippen LogP contribution in [0.1, 0.15) is 39.0 Å². The van der Waals surface area contributed by atoms with Gasteiger partial charge in [0.1, 0.15) is 0 Å². The molecule has 6 heteroatoms. The van der Waals surface area contributed by atoms with Crippen LogP contribution in [0.25, 0.3) is 0 Å². The molecule has 2 rings (SSSR count). The number of carboxylic acid groups (broad SMARTS) is 1. The average molecular weight is 298 g/mol. The van der Waals surface area contributed by atoms with E-state index in [0.717, 1.165) is 32.4 Å². The largest absolute Gasteiger partial charge is 0.481 e. The molecule has 2 saturated heterocycles. The maximum atomic E-state index is 12.1. The minimum Gasteiger partial charge on any atom is -0.481 e. The summed E-state index contributed by atoms with van der Waals surface area (Å²) >= 11 is 0. The molecule has 2 N–H and O–H groups in total. The maximum absolute atomic E-state index is 12.1. The van der Waals surface area contributed by atoms with E-state index < -0.39 is 5.97 Å². The molecule has 2 aliphatic heterocycles. The lowest BCUT2D eigenvalue weighted by Gasteiger charge is -2.21. The molecule has 0 aliphatic carbocycles. The van der Waals surface area contributed by atoms with E-state index in [1.807, 2.05) is 4.90 Å². The summed E-state index contributed by atoms with van der Waals surface area (Å²) in [5.74, 6) is -0.0147. The van der Waals surface area contributed by atoms with Gasteiger partial charge >= 0.3 is 12.0 Å². The Morgan fingerprint density at radius 1 is 1.38 bits per heavy atom. The molecule has 6 nitrogen and oxygen atoms in total. The fourth-order valence-corrected chi connectivity index (χ4v) is 3.29. The summed E-state index contributed by atoms with van der Waals surface area (Å²) in [5.41, 5.74) is 0. The molecular formula is C15H26N2O4. The van der Waals surface area contributed by atoms with Gasteiger partial charge in [-0.1, -0.05) is 6.92 Å².